The topological polar surface area (TPSA) is 70.2 Å². The molecule has 2 atom stereocenters. The molecule has 1 heterocycles. The van der Waals surface area contributed by atoms with Crippen LogP contribution >= 0.6 is 0 Å². The molecule has 3 rings (SSSR count). The number of carbonyl (C=O) groups is 2. The van der Waals surface area contributed by atoms with E-state index in [0.29, 0.717) is 18.2 Å². The third-order valence-electron chi connectivity index (χ3n) is 4.92. The average molecular weight is 365 g/mol. The van der Waals surface area contributed by atoms with E-state index in [-0.39, 0.29) is 24.3 Å². The first-order valence-corrected chi connectivity index (χ1v) is 9.54. The maximum absolute atomic E-state index is 12.6. The Hall–Kier alpha value is -2.66. The second kappa shape index (κ2) is 9.33. The normalized spacial score (nSPS) is 17.3. The summed E-state index contributed by atoms with van der Waals surface area (Å²) in [5.74, 6) is -0.226. The lowest BCUT2D eigenvalue weighted by Gasteiger charge is -2.20. The van der Waals surface area contributed by atoms with Gasteiger partial charge in [0.2, 0.25) is 5.91 Å². The second-order valence-electron chi connectivity index (χ2n) is 7.10. The van der Waals surface area contributed by atoms with Crippen LogP contribution in [0.1, 0.15) is 46.8 Å². The van der Waals surface area contributed by atoms with E-state index in [9.17, 15) is 9.59 Å². The fourth-order valence-electron chi connectivity index (χ4n) is 3.31. The quantitative estimate of drug-likeness (QED) is 0.707. The monoisotopic (exact) mass is 365 g/mol. The van der Waals surface area contributed by atoms with Gasteiger partial charge in [-0.3, -0.25) is 9.59 Å². The van der Waals surface area contributed by atoms with Gasteiger partial charge in [0.25, 0.3) is 5.91 Å². The molecule has 2 aromatic carbocycles. The van der Waals surface area contributed by atoms with E-state index >= 15 is 0 Å². The molecular formula is C22H27N3O2. The number of hydrogen-bond donors (Lipinski definition) is 3. The van der Waals surface area contributed by atoms with Gasteiger partial charge in [-0.1, -0.05) is 48.0 Å². The lowest BCUT2D eigenvalue weighted by molar-refractivity contribution is -0.121. The molecule has 1 saturated heterocycles. The van der Waals surface area contributed by atoms with Crippen molar-refractivity contribution in [3.8, 4) is 0 Å². The van der Waals surface area contributed by atoms with Crippen LogP contribution in [0.4, 0.5) is 0 Å². The van der Waals surface area contributed by atoms with Crippen LogP contribution in [0.2, 0.25) is 0 Å². The summed E-state index contributed by atoms with van der Waals surface area (Å²) >= 11 is 0. The van der Waals surface area contributed by atoms with E-state index in [1.54, 1.807) is 12.1 Å². The predicted molar refractivity (Wildman–Crippen MR) is 106 cm³/mol. The van der Waals surface area contributed by atoms with E-state index in [0.717, 1.165) is 30.5 Å². The van der Waals surface area contributed by atoms with Crippen LogP contribution in [0.15, 0.2) is 54.6 Å². The van der Waals surface area contributed by atoms with Crippen molar-refractivity contribution in [2.75, 3.05) is 13.1 Å². The summed E-state index contributed by atoms with van der Waals surface area (Å²) in [6, 6.07) is 17.1. The molecule has 0 aromatic heterocycles. The molecule has 0 spiro atoms. The molecule has 0 bridgehead atoms. The second-order valence-corrected chi connectivity index (χ2v) is 7.10. The largest absolute Gasteiger partial charge is 0.354 e. The van der Waals surface area contributed by atoms with Crippen molar-refractivity contribution < 1.29 is 9.59 Å². The molecule has 0 aliphatic carbocycles. The van der Waals surface area contributed by atoms with Crippen molar-refractivity contribution in [1.82, 2.24) is 16.0 Å². The van der Waals surface area contributed by atoms with Crippen molar-refractivity contribution in [1.29, 1.82) is 0 Å². The molecule has 2 aromatic rings. The molecule has 5 heteroatoms. The summed E-state index contributed by atoms with van der Waals surface area (Å²) in [5, 5.41) is 9.38. The zero-order valence-electron chi connectivity index (χ0n) is 15.7. The van der Waals surface area contributed by atoms with Crippen molar-refractivity contribution in [3.63, 3.8) is 0 Å². The van der Waals surface area contributed by atoms with Gasteiger partial charge in [0.05, 0.1) is 12.5 Å². The van der Waals surface area contributed by atoms with Crippen LogP contribution in [-0.4, -0.2) is 30.9 Å². The zero-order chi connectivity index (χ0) is 19.1. The minimum absolute atomic E-state index is 0.0539. The first-order valence-electron chi connectivity index (χ1n) is 9.54. The van der Waals surface area contributed by atoms with Crippen molar-refractivity contribution in [2.24, 2.45) is 0 Å². The van der Waals surface area contributed by atoms with Gasteiger partial charge in [-0.05, 0) is 44.0 Å². The molecule has 3 N–H and O–H groups in total. The van der Waals surface area contributed by atoms with E-state index < -0.39 is 0 Å². The minimum atomic E-state index is -0.364. The van der Waals surface area contributed by atoms with Crippen molar-refractivity contribution >= 4 is 11.8 Å². The Morgan fingerprint density at radius 3 is 2.52 bits per heavy atom. The summed E-state index contributed by atoms with van der Waals surface area (Å²) in [6.45, 7) is 3.63. The lowest BCUT2D eigenvalue weighted by Crippen LogP contribution is -2.39. The summed E-state index contributed by atoms with van der Waals surface area (Å²) in [5.41, 5.74) is 2.62. The molecule has 0 saturated carbocycles. The van der Waals surface area contributed by atoms with Crippen molar-refractivity contribution in [2.45, 2.75) is 38.3 Å². The predicted octanol–water partition coefficient (Wildman–Crippen LogP) is 2.72. The SMILES string of the molecule is Cc1ccc(C(=O)NC(CC(=O)NCC2CCCN2)c2ccccc2)cc1. The summed E-state index contributed by atoms with van der Waals surface area (Å²) < 4.78 is 0. The number of aryl methyl sites for hydroxylation is 1. The van der Waals surface area contributed by atoms with Gasteiger partial charge in [-0.25, -0.2) is 0 Å². The highest BCUT2D eigenvalue weighted by Gasteiger charge is 2.20. The molecule has 27 heavy (non-hydrogen) atoms. The molecular weight excluding hydrogens is 338 g/mol. The Bertz CT molecular complexity index is 753. The van der Waals surface area contributed by atoms with Crippen LogP contribution in [0.3, 0.4) is 0 Å². The van der Waals surface area contributed by atoms with Gasteiger partial charge in [-0.2, -0.15) is 0 Å². The van der Waals surface area contributed by atoms with E-state index in [1.165, 1.54) is 0 Å². The van der Waals surface area contributed by atoms with Gasteiger partial charge in [0, 0.05) is 18.2 Å². The highest BCUT2D eigenvalue weighted by molar-refractivity contribution is 5.94. The Morgan fingerprint density at radius 1 is 1.11 bits per heavy atom. The smallest absolute Gasteiger partial charge is 0.251 e. The molecule has 2 amide bonds. The molecule has 0 radical (unpaired) electrons. The van der Waals surface area contributed by atoms with Crippen LogP contribution in [-0.2, 0) is 4.79 Å². The molecule has 1 aliphatic heterocycles. The Labute approximate surface area is 160 Å². The number of carbonyl (C=O) groups excluding carboxylic acids is 2. The van der Waals surface area contributed by atoms with Crippen LogP contribution in [0.5, 0.6) is 0 Å². The van der Waals surface area contributed by atoms with Gasteiger partial charge in [0.1, 0.15) is 0 Å². The standard InChI is InChI=1S/C22H27N3O2/c1-16-9-11-18(12-10-16)22(27)25-20(17-6-3-2-4-7-17)14-21(26)24-15-19-8-5-13-23-19/h2-4,6-7,9-12,19-20,23H,5,8,13-15H2,1H3,(H,24,26)(H,25,27). The number of hydrogen-bond acceptors (Lipinski definition) is 3. The number of amides is 2. The molecule has 2 unspecified atom stereocenters. The van der Waals surface area contributed by atoms with Gasteiger partial charge in [-0.15, -0.1) is 0 Å². The Balaban J connectivity index is 1.64. The van der Waals surface area contributed by atoms with Crippen LogP contribution < -0.4 is 16.0 Å². The number of benzene rings is 2. The first kappa shape index (κ1) is 19.1. The van der Waals surface area contributed by atoms with Gasteiger partial charge >= 0.3 is 0 Å². The third kappa shape index (κ3) is 5.66. The molecule has 1 aliphatic rings. The lowest BCUT2D eigenvalue weighted by atomic mass is 10.0. The molecule has 5 nitrogen and oxygen atoms in total. The number of rotatable bonds is 7. The third-order valence-corrected chi connectivity index (χ3v) is 4.92. The Morgan fingerprint density at radius 2 is 1.85 bits per heavy atom. The minimum Gasteiger partial charge on any atom is -0.354 e. The first-order chi connectivity index (χ1) is 13.1. The molecule has 1 fully saturated rings. The maximum atomic E-state index is 12.6. The summed E-state index contributed by atoms with van der Waals surface area (Å²) in [6.07, 6.45) is 2.46. The Kier molecular flexibility index (Phi) is 6.60. The fraction of sp³-hybridized carbons (Fsp3) is 0.364. The zero-order valence-corrected chi connectivity index (χ0v) is 15.7. The fourth-order valence-corrected chi connectivity index (χ4v) is 3.31. The van der Waals surface area contributed by atoms with E-state index in [2.05, 4.69) is 16.0 Å². The van der Waals surface area contributed by atoms with E-state index in [4.69, 9.17) is 0 Å². The highest BCUT2D eigenvalue weighted by Crippen LogP contribution is 2.18. The van der Waals surface area contributed by atoms with Crippen LogP contribution in [0.25, 0.3) is 0 Å². The molecule has 142 valence electrons. The maximum Gasteiger partial charge on any atom is 0.251 e. The average Bonchev–Trinajstić information content (AvgIpc) is 3.21. The van der Waals surface area contributed by atoms with Crippen molar-refractivity contribution in [3.05, 3.63) is 71.3 Å². The van der Waals surface area contributed by atoms with Crippen LogP contribution in [0, 0.1) is 6.92 Å². The van der Waals surface area contributed by atoms with Gasteiger partial charge in [0.15, 0.2) is 0 Å². The summed E-state index contributed by atoms with van der Waals surface area (Å²) in [7, 11) is 0. The van der Waals surface area contributed by atoms with Gasteiger partial charge < -0.3 is 16.0 Å². The number of nitrogens with one attached hydrogen (secondary N) is 3. The summed E-state index contributed by atoms with van der Waals surface area (Å²) in [4.78, 5) is 25.1. The highest BCUT2D eigenvalue weighted by atomic mass is 16.2. The van der Waals surface area contributed by atoms with E-state index in [1.807, 2.05) is 49.4 Å².